The highest BCUT2D eigenvalue weighted by atomic mass is 16.3. The fourth-order valence-corrected chi connectivity index (χ4v) is 4.23. The van der Waals surface area contributed by atoms with Crippen LogP contribution >= 0.6 is 0 Å². The van der Waals surface area contributed by atoms with Crippen LogP contribution in [0.25, 0.3) is 0 Å². The molecule has 23 heavy (non-hydrogen) atoms. The second kappa shape index (κ2) is 8.27. The highest BCUT2D eigenvalue weighted by molar-refractivity contribution is 5.25. The summed E-state index contributed by atoms with van der Waals surface area (Å²) in [5.41, 5.74) is 2.57. The Labute approximate surface area is 141 Å². The van der Waals surface area contributed by atoms with Crippen molar-refractivity contribution in [2.24, 2.45) is 0 Å². The van der Waals surface area contributed by atoms with Crippen molar-refractivity contribution in [2.75, 3.05) is 19.7 Å². The summed E-state index contributed by atoms with van der Waals surface area (Å²) in [6.07, 6.45) is 9.13. The molecule has 1 aromatic rings. The monoisotopic (exact) mass is 316 g/mol. The summed E-state index contributed by atoms with van der Waals surface area (Å²) in [6, 6.07) is 10.2. The Kier molecular flexibility index (Phi) is 6.09. The number of aliphatic hydroxyl groups excluding tert-OH is 1. The van der Waals surface area contributed by atoms with E-state index in [0.29, 0.717) is 6.04 Å². The first-order valence-electron chi connectivity index (χ1n) is 9.50. The quantitative estimate of drug-likeness (QED) is 0.845. The van der Waals surface area contributed by atoms with Gasteiger partial charge in [-0.15, -0.1) is 0 Å². The summed E-state index contributed by atoms with van der Waals surface area (Å²) in [5.74, 6) is 0. The van der Waals surface area contributed by atoms with Crippen molar-refractivity contribution >= 4 is 0 Å². The van der Waals surface area contributed by atoms with Crippen LogP contribution < -0.4 is 5.32 Å². The molecule has 0 spiro atoms. The average molecular weight is 316 g/mol. The van der Waals surface area contributed by atoms with Gasteiger partial charge >= 0.3 is 0 Å². The van der Waals surface area contributed by atoms with E-state index in [2.05, 4.69) is 41.4 Å². The average Bonchev–Trinajstić information content (AvgIpc) is 3.15. The molecule has 1 saturated heterocycles. The molecule has 0 bridgehead atoms. The number of aliphatic hydroxyl groups is 1. The molecule has 3 rings (SSSR count). The maximum Gasteiger partial charge on any atom is 0.0626 e. The SMILES string of the molecule is CCc1ccc(C(CO)NC2CCN(C3CCCC3)CC2)cc1. The van der Waals surface area contributed by atoms with E-state index in [1.807, 2.05) is 0 Å². The molecule has 2 fully saturated rings. The first kappa shape index (κ1) is 16.9. The normalized spacial score (nSPS) is 22.5. The Morgan fingerprint density at radius 1 is 1.09 bits per heavy atom. The van der Waals surface area contributed by atoms with Crippen LogP contribution in [0.2, 0.25) is 0 Å². The van der Waals surface area contributed by atoms with Crippen LogP contribution in [-0.4, -0.2) is 41.8 Å². The molecule has 1 aliphatic heterocycles. The number of benzene rings is 1. The van der Waals surface area contributed by atoms with Crippen molar-refractivity contribution in [1.29, 1.82) is 0 Å². The van der Waals surface area contributed by atoms with E-state index in [0.717, 1.165) is 12.5 Å². The predicted molar refractivity (Wildman–Crippen MR) is 95.6 cm³/mol. The van der Waals surface area contributed by atoms with Crippen molar-refractivity contribution in [1.82, 2.24) is 10.2 Å². The third-order valence-electron chi connectivity index (χ3n) is 5.78. The third-order valence-corrected chi connectivity index (χ3v) is 5.78. The zero-order chi connectivity index (χ0) is 16.1. The van der Waals surface area contributed by atoms with Crippen LogP contribution in [0.5, 0.6) is 0 Å². The van der Waals surface area contributed by atoms with Crippen LogP contribution in [0.4, 0.5) is 0 Å². The van der Waals surface area contributed by atoms with E-state index >= 15 is 0 Å². The van der Waals surface area contributed by atoms with Gasteiger partial charge < -0.3 is 15.3 Å². The van der Waals surface area contributed by atoms with Crippen molar-refractivity contribution in [2.45, 2.75) is 70.0 Å². The van der Waals surface area contributed by atoms with Gasteiger partial charge in [-0.25, -0.2) is 0 Å². The lowest BCUT2D eigenvalue weighted by molar-refractivity contribution is 0.133. The van der Waals surface area contributed by atoms with Gasteiger partial charge in [0.15, 0.2) is 0 Å². The lowest BCUT2D eigenvalue weighted by Crippen LogP contribution is -2.47. The highest BCUT2D eigenvalue weighted by Crippen LogP contribution is 2.27. The molecule has 0 radical (unpaired) electrons. The lowest BCUT2D eigenvalue weighted by Gasteiger charge is -2.37. The van der Waals surface area contributed by atoms with E-state index in [9.17, 15) is 5.11 Å². The van der Waals surface area contributed by atoms with E-state index < -0.39 is 0 Å². The second-order valence-corrected chi connectivity index (χ2v) is 7.25. The molecule has 1 unspecified atom stereocenters. The number of nitrogens with one attached hydrogen (secondary N) is 1. The largest absolute Gasteiger partial charge is 0.394 e. The molecular weight excluding hydrogens is 284 g/mol. The van der Waals surface area contributed by atoms with Crippen LogP contribution in [-0.2, 0) is 6.42 Å². The first-order chi connectivity index (χ1) is 11.3. The van der Waals surface area contributed by atoms with E-state index in [-0.39, 0.29) is 12.6 Å². The standard InChI is InChI=1S/C20H32N2O/c1-2-16-7-9-17(10-8-16)20(15-23)21-18-11-13-22(14-12-18)19-5-3-4-6-19/h7-10,18-21,23H,2-6,11-15H2,1H3. The summed E-state index contributed by atoms with van der Waals surface area (Å²) < 4.78 is 0. The molecule has 0 aromatic heterocycles. The molecule has 1 heterocycles. The van der Waals surface area contributed by atoms with Gasteiger partial charge in [-0.05, 0) is 56.3 Å². The third kappa shape index (κ3) is 4.34. The van der Waals surface area contributed by atoms with Crippen molar-refractivity contribution in [3.05, 3.63) is 35.4 Å². The summed E-state index contributed by atoms with van der Waals surface area (Å²) in [4.78, 5) is 2.70. The van der Waals surface area contributed by atoms with Crippen LogP contribution in [0.1, 0.15) is 62.6 Å². The Morgan fingerprint density at radius 3 is 2.30 bits per heavy atom. The molecule has 1 atom stereocenters. The molecular formula is C20H32N2O. The van der Waals surface area contributed by atoms with E-state index in [4.69, 9.17) is 0 Å². The number of piperidine rings is 1. The number of aryl methyl sites for hydroxylation is 1. The minimum absolute atomic E-state index is 0.0731. The molecule has 1 aromatic carbocycles. The minimum Gasteiger partial charge on any atom is -0.394 e. The van der Waals surface area contributed by atoms with Gasteiger partial charge in [-0.1, -0.05) is 44.0 Å². The second-order valence-electron chi connectivity index (χ2n) is 7.25. The number of hydrogen-bond acceptors (Lipinski definition) is 3. The highest BCUT2D eigenvalue weighted by Gasteiger charge is 2.28. The Bertz CT molecular complexity index is 459. The molecule has 0 amide bonds. The molecule has 3 nitrogen and oxygen atoms in total. The summed E-state index contributed by atoms with van der Waals surface area (Å²) >= 11 is 0. The van der Waals surface area contributed by atoms with Crippen LogP contribution in [0.15, 0.2) is 24.3 Å². The number of hydrogen-bond donors (Lipinski definition) is 2. The zero-order valence-corrected chi connectivity index (χ0v) is 14.5. The summed E-state index contributed by atoms with van der Waals surface area (Å²) in [7, 11) is 0. The summed E-state index contributed by atoms with van der Waals surface area (Å²) in [6.45, 7) is 4.79. The van der Waals surface area contributed by atoms with Crippen molar-refractivity contribution in [3.63, 3.8) is 0 Å². The number of likely N-dealkylation sites (tertiary alicyclic amines) is 1. The first-order valence-corrected chi connectivity index (χ1v) is 9.50. The molecule has 2 aliphatic rings. The van der Waals surface area contributed by atoms with Crippen molar-refractivity contribution in [3.8, 4) is 0 Å². The Morgan fingerprint density at radius 2 is 1.74 bits per heavy atom. The topological polar surface area (TPSA) is 35.5 Å². The van der Waals surface area contributed by atoms with Gasteiger partial charge in [-0.3, -0.25) is 0 Å². The molecule has 128 valence electrons. The maximum absolute atomic E-state index is 9.79. The Balaban J connectivity index is 1.51. The van der Waals surface area contributed by atoms with Crippen molar-refractivity contribution < 1.29 is 5.11 Å². The lowest BCUT2D eigenvalue weighted by atomic mass is 9.99. The number of rotatable bonds is 6. The molecule has 2 N–H and O–H groups in total. The molecule has 3 heteroatoms. The van der Waals surface area contributed by atoms with Crippen LogP contribution in [0, 0.1) is 0 Å². The fourth-order valence-electron chi connectivity index (χ4n) is 4.23. The van der Waals surface area contributed by atoms with Gasteiger partial charge in [0.05, 0.1) is 12.6 Å². The molecule has 1 saturated carbocycles. The zero-order valence-electron chi connectivity index (χ0n) is 14.5. The summed E-state index contributed by atoms with van der Waals surface area (Å²) in [5, 5.41) is 13.5. The van der Waals surface area contributed by atoms with Crippen LogP contribution in [0.3, 0.4) is 0 Å². The maximum atomic E-state index is 9.79. The van der Waals surface area contributed by atoms with Gasteiger partial charge in [-0.2, -0.15) is 0 Å². The molecule has 1 aliphatic carbocycles. The fraction of sp³-hybridized carbons (Fsp3) is 0.700. The van der Waals surface area contributed by atoms with Gasteiger partial charge in [0.25, 0.3) is 0 Å². The van der Waals surface area contributed by atoms with E-state index in [1.54, 1.807) is 0 Å². The number of nitrogens with zero attached hydrogens (tertiary/aromatic N) is 1. The van der Waals surface area contributed by atoms with Gasteiger partial charge in [0, 0.05) is 12.1 Å². The predicted octanol–water partition coefficient (Wildman–Crippen LogP) is 3.28. The van der Waals surface area contributed by atoms with Gasteiger partial charge in [0.2, 0.25) is 0 Å². The smallest absolute Gasteiger partial charge is 0.0626 e. The Hall–Kier alpha value is -0.900. The minimum atomic E-state index is 0.0731. The van der Waals surface area contributed by atoms with Gasteiger partial charge in [0.1, 0.15) is 0 Å². The van der Waals surface area contributed by atoms with E-state index in [1.165, 1.54) is 62.7 Å².